The van der Waals surface area contributed by atoms with E-state index in [2.05, 4.69) is 15.3 Å². The number of benzene rings is 1. The zero-order chi connectivity index (χ0) is 18.8. The molecule has 0 spiro atoms. The van der Waals surface area contributed by atoms with Crippen molar-refractivity contribution in [3.63, 3.8) is 0 Å². The second kappa shape index (κ2) is 7.61. The van der Waals surface area contributed by atoms with Crippen LogP contribution >= 0.6 is 34.7 Å². The van der Waals surface area contributed by atoms with E-state index >= 15 is 0 Å². The molecule has 2 N–H and O–H groups in total. The highest BCUT2D eigenvalue weighted by Crippen LogP contribution is 2.28. The summed E-state index contributed by atoms with van der Waals surface area (Å²) in [6.45, 7) is 3.19. The number of Topliss-reactive ketones (excluding diaryl/α,β-unsaturated/α-hetero) is 1. The van der Waals surface area contributed by atoms with Gasteiger partial charge in [-0.2, -0.15) is 0 Å². The van der Waals surface area contributed by atoms with E-state index in [0.29, 0.717) is 36.5 Å². The van der Waals surface area contributed by atoms with Crippen molar-refractivity contribution in [3.8, 4) is 0 Å². The number of rotatable bonds is 5. The first kappa shape index (κ1) is 18.6. The Hall–Kier alpha value is -2.16. The van der Waals surface area contributed by atoms with Gasteiger partial charge in [0.05, 0.1) is 26.7 Å². The normalized spacial score (nSPS) is 10.9. The maximum Gasteiger partial charge on any atom is 0.260 e. The Labute approximate surface area is 162 Å². The van der Waals surface area contributed by atoms with Gasteiger partial charge in [0, 0.05) is 0 Å². The van der Waals surface area contributed by atoms with Crippen LogP contribution in [-0.2, 0) is 4.79 Å². The number of fused-ring (bicyclic) bond motifs is 1. The molecular formula is C17H14ClN3O3S2. The molecule has 1 amide bonds. The lowest BCUT2D eigenvalue weighted by atomic mass is 10.2. The van der Waals surface area contributed by atoms with Crippen LogP contribution in [-0.4, -0.2) is 27.4 Å². The van der Waals surface area contributed by atoms with Gasteiger partial charge in [0.15, 0.2) is 10.9 Å². The molecular weight excluding hydrogens is 394 g/mol. The lowest BCUT2D eigenvalue weighted by molar-refractivity contribution is -0.113. The summed E-state index contributed by atoms with van der Waals surface area (Å²) in [6, 6.07) is 6.93. The molecule has 9 heteroatoms. The maximum absolute atomic E-state index is 12.3. The molecule has 0 saturated heterocycles. The second-order valence-electron chi connectivity index (χ2n) is 5.48. The molecule has 1 aromatic carbocycles. The Bertz CT molecular complexity index is 1070. The smallest absolute Gasteiger partial charge is 0.260 e. The molecule has 3 aromatic rings. The Morgan fingerprint density at radius 3 is 2.77 bits per heavy atom. The molecule has 3 rings (SSSR count). The predicted molar refractivity (Wildman–Crippen MR) is 106 cm³/mol. The van der Waals surface area contributed by atoms with Crippen molar-refractivity contribution in [2.24, 2.45) is 0 Å². The van der Waals surface area contributed by atoms with Gasteiger partial charge < -0.3 is 10.3 Å². The molecule has 0 aliphatic heterocycles. The number of carbonyl (C=O) groups is 2. The molecule has 0 aliphatic carbocycles. The first-order chi connectivity index (χ1) is 12.4. The van der Waals surface area contributed by atoms with Crippen LogP contribution in [0, 0.1) is 6.92 Å². The minimum absolute atomic E-state index is 0.0591. The van der Waals surface area contributed by atoms with E-state index in [9.17, 15) is 14.4 Å². The molecule has 26 heavy (non-hydrogen) atoms. The Balaban J connectivity index is 1.77. The van der Waals surface area contributed by atoms with Gasteiger partial charge in [-0.25, -0.2) is 4.98 Å². The third-order valence-electron chi connectivity index (χ3n) is 3.59. The number of nitrogens with zero attached hydrogens (tertiary/aromatic N) is 1. The van der Waals surface area contributed by atoms with Gasteiger partial charge in [-0.05, 0) is 31.5 Å². The van der Waals surface area contributed by atoms with Gasteiger partial charge in [0.1, 0.15) is 4.83 Å². The monoisotopic (exact) mass is 407 g/mol. The van der Waals surface area contributed by atoms with Crippen LogP contribution in [0.15, 0.2) is 34.2 Å². The van der Waals surface area contributed by atoms with Gasteiger partial charge in [-0.1, -0.05) is 35.5 Å². The number of H-pyrrole nitrogens is 1. The minimum atomic E-state index is -0.315. The highest BCUT2D eigenvalue weighted by atomic mass is 35.5. The Morgan fingerprint density at radius 2 is 2.08 bits per heavy atom. The molecule has 0 fully saturated rings. The molecule has 6 nitrogen and oxygen atoms in total. The van der Waals surface area contributed by atoms with Crippen molar-refractivity contribution in [3.05, 3.63) is 50.1 Å². The molecule has 0 atom stereocenters. The summed E-state index contributed by atoms with van der Waals surface area (Å²) < 4.78 is 0. The number of nitrogens with one attached hydrogen (secondary N) is 2. The van der Waals surface area contributed by atoms with E-state index in [4.69, 9.17) is 11.6 Å². The lowest BCUT2D eigenvalue weighted by Gasteiger charge is -2.06. The van der Waals surface area contributed by atoms with E-state index in [0.717, 1.165) is 11.8 Å². The van der Waals surface area contributed by atoms with Gasteiger partial charge in [-0.15, -0.1) is 11.3 Å². The number of aromatic nitrogens is 2. The molecule has 0 unspecified atom stereocenters. The number of para-hydroxylation sites is 1. The van der Waals surface area contributed by atoms with Gasteiger partial charge in [-0.3, -0.25) is 14.4 Å². The van der Waals surface area contributed by atoms with Crippen molar-refractivity contribution < 1.29 is 9.59 Å². The molecule has 2 heterocycles. The Kier molecular flexibility index (Phi) is 5.45. The lowest BCUT2D eigenvalue weighted by Crippen LogP contribution is -2.15. The number of hydrogen-bond acceptors (Lipinski definition) is 6. The van der Waals surface area contributed by atoms with Gasteiger partial charge in [0.2, 0.25) is 5.91 Å². The van der Waals surface area contributed by atoms with Crippen molar-refractivity contribution in [1.82, 2.24) is 9.97 Å². The summed E-state index contributed by atoms with van der Waals surface area (Å²) in [5, 5.41) is 3.90. The van der Waals surface area contributed by atoms with Gasteiger partial charge >= 0.3 is 0 Å². The zero-order valence-corrected chi connectivity index (χ0v) is 16.3. The average Bonchev–Trinajstić information content (AvgIpc) is 2.92. The molecule has 0 radical (unpaired) electrons. The summed E-state index contributed by atoms with van der Waals surface area (Å²) in [5.74, 6) is -0.306. The van der Waals surface area contributed by atoms with Crippen LogP contribution in [0.5, 0.6) is 0 Å². The first-order valence-corrected chi connectivity index (χ1v) is 9.76. The third kappa shape index (κ3) is 3.82. The number of aromatic amines is 1. The van der Waals surface area contributed by atoms with Crippen molar-refractivity contribution >= 4 is 62.3 Å². The summed E-state index contributed by atoms with van der Waals surface area (Å²) in [4.78, 5) is 44.1. The number of anilines is 1. The van der Waals surface area contributed by atoms with Gasteiger partial charge in [0.25, 0.3) is 5.56 Å². The fraction of sp³-hybridized carbons (Fsp3) is 0.176. The summed E-state index contributed by atoms with van der Waals surface area (Å²) >= 11 is 8.30. The number of amides is 1. The largest absolute Gasteiger partial charge is 0.324 e. The molecule has 2 aromatic heterocycles. The van der Waals surface area contributed by atoms with Crippen LogP contribution in [0.25, 0.3) is 10.2 Å². The number of halogens is 1. The molecule has 0 saturated carbocycles. The fourth-order valence-electron chi connectivity index (χ4n) is 2.41. The quantitative estimate of drug-likeness (QED) is 0.380. The van der Waals surface area contributed by atoms with Crippen LogP contribution < -0.4 is 10.9 Å². The molecule has 0 aliphatic rings. The van der Waals surface area contributed by atoms with E-state index < -0.39 is 0 Å². The molecule has 134 valence electrons. The van der Waals surface area contributed by atoms with E-state index in [-0.39, 0.29) is 23.0 Å². The van der Waals surface area contributed by atoms with Crippen molar-refractivity contribution in [2.45, 2.75) is 19.0 Å². The van der Waals surface area contributed by atoms with Crippen LogP contribution in [0.3, 0.4) is 0 Å². The predicted octanol–water partition coefficient (Wildman–Crippen LogP) is 3.88. The number of carbonyl (C=O) groups excluding carboxylic acids is 2. The van der Waals surface area contributed by atoms with E-state index in [1.165, 1.54) is 18.3 Å². The SMILES string of the molecule is CC(=O)c1sc2nc(SCC(=O)Nc3ccccc3Cl)[nH]c(=O)c2c1C. The van der Waals surface area contributed by atoms with Crippen LogP contribution in [0.1, 0.15) is 22.2 Å². The summed E-state index contributed by atoms with van der Waals surface area (Å²) in [7, 11) is 0. The second-order valence-corrected chi connectivity index (χ2v) is 7.85. The zero-order valence-electron chi connectivity index (χ0n) is 13.9. The topological polar surface area (TPSA) is 91.9 Å². The fourth-order valence-corrected chi connectivity index (χ4v) is 4.39. The maximum atomic E-state index is 12.3. The number of thioether (sulfide) groups is 1. The van der Waals surface area contributed by atoms with Crippen molar-refractivity contribution in [2.75, 3.05) is 11.1 Å². The van der Waals surface area contributed by atoms with E-state index in [1.807, 2.05) is 0 Å². The number of thiophene rings is 1. The minimum Gasteiger partial charge on any atom is -0.324 e. The highest BCUT2D eigenvalue weighted by Gasteiger charge is 2.17. The van der Waals surface area contributed by atoms with Crippen molar-refractivity contribution in [1.29, 1.82) is 0 Å². The average molecular weight is 408 g/mol. The third-order valence-corrected chi connectivity index (χ3v) is 6.08. The standard InChI is InChI=1S/C17H14ClN3O3S2/c1-8-13-15(24)20-17(21-16(13)26-14(8)9(2)22)25-7-12(23)19-11-6-4-3-5-10(11)18/h3-6H,7H2,1-2H3,(H,19,23)(H,20,21,24). The number of aryl methyl sites for hydroxylation is 1. The molecule has 0 bridgehead atoms. The summed E-state index contributed by atoms with van der Waals surface area (Å²) in [5.41, 5.74) is 0.848. The first-order valence-electron chi connectivity index (χ1n) is 7.58. The number of ketones is 1. The van der Waals surface area contributed by atoms with Crippen LogP contribution in [0.2, 0.25) is 5.02 Å². The number of hydrogen-bond donors (Lipinski definition) is 2. The van der Waals surface area contributed by atoms with E-state index in [1.54, 1.807) is 31.2 Å². The Morgan fingerprint density at radius 1 is 1.35 bits per heavy atom. The highest BCUT2D eigenvalue weighted by molar-refractivity contribution is 7.99. The summed E-state index contributed by atoms with van der Waals surface area (Å²) in [6.07, 6.45) is 0. The van der Waals surface area contributed by atoms with Crippen LogP contribution in [0.4, 0.5) is 5.69 Å².